The number of hydrogen-bond donors (Lipinski definition) is 4. The van der Waals surface area contributed by atoms with Crippen LogP contribution in [0.1, 0.15) is 71.6 Å². The van der Waals surface area contributed by atoms with Crippen LogP contribution in [-0.2, 0) is 9.53 Å². The normalized spacial score (nSPS) is 27.0. The molecule has 4 unspecified atom stereocenters. The van der Waals surface area contributed by atoms with Gasteiger partial charge in [-0.3, -0.25) is 4.79 Å². The molecule has 0 radical (unpaired) electrons. The maximum Gasteiger partial charge on any atom is 0.307 e. The largest absolute Gasteiger partial charge is 0.465 e. The van der Waals surface area contributed by atoms with E-state index in [0.29, 0.717) is 30.9 Å². The quantitative estimate of drug-likeness (QED) is 0.0876. The number of ether oxygens (including phenoxy) is 1. The molecule has 1 saturated heterocycles. The first-order valence-corrected chi connectivity index (χ1v) is 16.9. The van der Waals surface area contributed by atoms with Gasteiger partial charge in [-0.2, -0.15) is 0 Å². The third kappa shape index (κ3) is 8.95. The number of rotatable bonds is 13. The Bertz CT molecular complexity index is 1300. The van der Waals surface area contributed by atoms with E-state index in [4.69, 9.17) is 4.74 Å². The Balaban J connectivity index is 1.20. The lowest BCUT2D eigenvalue weighted by molar-refractivity contribution is -0.146. The second-order valence-corrected chi connectivity index (χ2v) is 12.9. The van der Waals surface area contributed by atoms with Crippen LogP contribution >= 0.6 is 0 Å². The molecule has 0 amide bonds. The zero-order valence-electron chi connectivity index (χ0n) is 26.8. The van der Waals surface area contributed by atoms with Gasteiger partial charge in [-0.05, 0) is 99.6 Å². The van der Waals surface area contributed by atoms with E-state index in [1.54, 1.807) is 0 Å². The van der Waals surface area contributed by atoms with Gasteiger partial charge in [-0.25, -0.2) is 0 Å². The first-order valence-electron chi connectivity index (χ1n) is 16.9. The van der Waals surface area contributed by atoms with Gasteiger partial charge in [0.05, 0.1) is 19.1 Å². The van der Waals surface area contributed by atoms with Crippen LogP contribution in [-0.4, -0.2) is 50.3 Å². The van der Waals surface area contributed by atoms with Gasteiger partial charge < -0.3 is 26.0 Å². The highest BCUT2D eigenvalue weighted by atomic mass is 16.5. The zero-order chi connectivity index (χ0) is 30.7. The molecule has 3 aliphatic heterocycles. The molecule has 0 spiro atoms. The summed E-state index contributed by atoms with van der Waals surface area (Å²) in [6.45, 7) is 12.2. The Kier molecular flexibility index (Phi) is 11.9. The minimum Gasteiger partial charge on any atom is -0.465 e. The fraction of sp³-hybridized carbons (Fsp3) is 0.526. The van der Waals surface area contributed by atoms with E-state index in [1.807, 2.05) is 6.20 Å². The van der Waals surface area contributed by atoms with Gasteiger partial charge >= 0.3 is 5.97 Å². The van der Waals surface area contributed by atoms with E-state index in [2.05, 4.69) is 96.0 Å². The van der Waals surface area contributed by atoms with Crippen molar-refractivity contribution in [3.05, 3.63) is 101 Å². The fourth-order valence-electron chi connectivity index (χ4n) is 6.60. The topological polar surface area (TPSA) is 74.4 Å². The van der Waals surface area contributed by atoms with Crippen molar-refractivity contribution in [1.29, 1.82) is 0 Å². The molecule has 0 bridgehead atoms. The van der Waals surface area contributed by atoms with Crippen LogP contribution in [0, 0.1) is 11.8 Å². The second-order valence-electron chi connectivity index (χ2n) is 12.9. The molecule has 0 saturated carbocycles. The lowest BCUT2D eigenvalue weighted by atomic mass is 9.81. The van der Waals surface area contributed by atoms with E-state index in [1.165, 1.54) is 33.6 Å². The van der Waals surface area contributed by atoms with Crippen molar-refractivity contribution < 1.29 is 9.53 Å². The third-order valence-electron chi connectivity index (χ3n) is 9.44. The van der Waals surface area contributed by atoms with Crippen LogP contribution in [0.3, 0.4) is 0 Å². The maximum absolute atomic E-state index is 12.3. The molecule has 44 heavy (non-hydrogen) atoms. The molecule has 6 nitrogen and oxygen atoms in total. The van der Waals surface area contributed by atoms with Crippen LogP contribution < -0.4 is 21.3 Å². The Labute approximate surface area is 264 Å². The van der Waals surface area contributed by atoms with Crippen LogP contribution in [0.25, 0.3) is 0 Å². The van der Waals surface area contributed by atoms with Gasteiger partial charge in [0.1, 0.15) is 0 Å². The van der Waals surface area contributed by atoms with E-state index >= 15 is 0 Å². The predicted octanol–water partition coefficient (Wildman–Crippen LogP) is 6.22. The molecular weight excluding hydrogens is 544 g/mol. The molecule has 0 aromatic carbocycles. The highest BCUT2D eigenvalue weighted by Gasteiger charge is 2.25. The highest BCUT2D eigenvalue weighted by molar-refractivity contribution is 5.70. The number of allylic oxidation sites excluding steroid dienone is 10. The van der Waals surface area contributed by atoms with Gasteiger partial charge in [0.2, 0.25) is 0 Å². The van der Waals surface area contributed by atoms with Crippen LogP contribution in [0.15, 0.2) is 101 Å². The second kappa shape index (κ2) is 16.2. The van der Waals surface area contributed by atoms with Crippen LogP contribution in [0.2, 0.25) is 0 Å². The van der Waals surface area contributed by atoms with Gasteiger partial charge in [0.25, 0.3) is 0 Å². The summed E-state index contributed by atoms with van der Waals surface area (Å²) >= 11 is 0. The number of nitrogens with one attached hydrogen (secondary N) is 4. The minimum atomic E-state index is -0.0886. The molecular formula is C38H52N4O2. The van der Waals surface area contributed by atoms with E-state index < -0.39 is 0 Å². The minimum absolute atomic E-state index is 0.0886. The Morgan fingerprint density at radius 1 is 1.25 bits per heavy atom. The average molecular weight is 597 g/mol. The monoisotopic (exact) mass is 596 g/mol. The molecule has 5 aliphatic rings. The third-order valence-corrected chi connectivity index (χ3v) is 9.44. The number of carbonyl (C=O) groups is 1. The summed E-state index contributed by atoms with van der Waals surface area (Å²) in [5, 5.41) is 14.2. The Morgan fingerprint density at radius 2 is 2.14 bits per heavy atom. The number of carbonyl (C=O) groups excluding carboxylic acids is 1. The molecule has 1 fully saturated rings. The van der Waals surface area contributed by atoms with Crippen molar-refractivity contribution in [3.63, 3.8) is 0 Å². The van der Waals surface area contributed by atoms with Crippen molar-refractivity contribution in [2.45, 2.75) is 89.8 Å². The molecule has 6 heteroatoms. The van der Waals surface area contributed by atoms with Gasteiger partial charge in [-0.1, -0.05) is 55.5 Å². The van der Waals surface area contributed by atoms with Gasteiger partial charge in [0, 0.05) is 48.6 Å². The van der Waals surface area contributed by atoms with Crippen molar-refractivity contribution in [1.82, 2.24) is 21.3 Å². The Morgan fingerprint density at radius 3 is 2.93 bits per heavy atom. The summed E-state index contributed by atoms with van der Waals surface area (Å²) in [5.41, 5.74) is 11.5. The van der Waals surface area contributed by atoms with E-state index in [-0.39, 0.29) is 18.1 Å². The summed E-state index contributed by atoms with van der Waals surface area (Å²) < 4.78 is 5.49. The van der Waals surface area contributed by atoms with E-state index in [9.17, 15) is 4.79 Å². The standard InChI is InChI=1S/C38H52N4O2/c1-4-34(23-37(43)44-26-29-24-39-25-29)40-20-10-11-27(2)31-14-6-5-13-30-17-18-32(22-33(30)21-31)35-15-7-8-19-41-38(35)36-16-9-12-28(3)42-36/h5,7-9,12,15,19,21-22,28-29,31,34,36,39-42H,2,4,6,10-11,14,16-18,20,23-26H2,1,3H3/b33-21-. The van der Waals surface area contributed by atoms with Crippen LogP contribution in [0.4, 0.5) is 0 Å². The average Bonchev–Trinajstić information content (AvgIpc) is 3.24. The lowest BCUT2D eigenvalue weighted by Gasteiger charge is -2.30. The SMILES string of the molecule is C=C(CCCNC(CC)CC(=O)OCC1CNC1)C1/C=C2/C=C(C3=C(C4CC=CC(C)N4)NC=CC=C3)CCC2=C=CCC1. The summed E-state index contributed by atoms with van der Waals surface area (Å²) in [6, 6.07) is 0.789. The molecule has 236 valence electrons. The molecule has 4 atom stereocenters. The van der Waals surface area contributed by atoms with Gasteiger partial charge in [-0.15, -0.1) is 5.73 Å². The molecule has 4 N–H and O–H groups in total. The summed E-state index contributed by atoms with van der Waals surface area (Å²) in [4.78, 5) is 12.3. The smallest absolute Gasteiger partial charge is 0.307 e. The highest BCUT2D eigenvalue weighted by Crippen LogP contribution is 2.37. The van der Waals surface area contributed by atoms with Crippen molar-refractivity contribution in [2.24, 2.45) is 11.8 Å². The summed E-state index contributed by atoms with van der Waals surface area (Å²) in [7, 11) is 0. The number of esters is 1. The van der Waals surface area contributed by atoms with Crippen molar-refractivity contribution >= 4 is 5.97 Å². The summed E-state index contributed by atoms with van der Waals surface area (Å²) in [6.07, 6.45) is 28.6. The Hall–Kier alpha value is -3.15. The first kappa shape index (κ1) is 32.2. The van der Waals surface area contributed by atoms with Crippen molar-refractivity contribution in [2.75, 3.05) is 26.2 Å². The molecule has 0 aromatic heterocycles. The summed E-state index contributed by atoms with van der Waals surface area (Å²) in [5.74, 6) is 0.738. The lowest BCUT2D eigenvalue weighted by Crippen LogP contribution is -2.45. The fourth-order valence-corrected chi connectivity index (χ4v) is 6.60. The predicted molar refractivity (Wildman–Crippen MR) is 181 cm³/mol. The first-order chi connectivity index (χ1) is 21.5. The zero-order valence-corrected chi connectivity index (χ0v) is 26.8. The van der Waals surface area contributed by atoms with Gasteiger partial charge in [0.15, 0.2) is 0 Å². The molecule has 0 aromatic rings. The van der Waals surface area contributed by atoms with Crippen LogP contribution in [0.5, 0.6) is 0 Å². The van der Waals surface area contributed by atoms with Crippen molar-refractivity contribution in [3.8, 4) is 0 Å². The number of hydrogen-bond acceptors (Lipinski definition) is 6. The van der Waals surface area contributed by atoms with E-state index in [0.717, 1.165) is 71.0 Å². The maximum atomic E-state index is 12.3. The number of fused-ring (bicyclic) bond motifs is 1. The molecule has 5 rings (SSSR count). The molecule has 3 heterocycles. The molecule has 2 aliphatic carbocycles.